The third kappa shape index (κ3) is 8.33. The van der Waals surface area contributed by atoms with Crippen LogP contribution in [0.3, 0.4) is 0 Å². The summed E-state index contributed by atoms with van der Waals surface area (Å²) < 4.78 is 45.9. The van der Waals surface area contributed by atoms with Gasteiger partial charge in [0.1, 0.15) is 41.0 Å². The van der Waals surface area contributed by atoms with E-state index in [9.17, 15) is 22.8 Å². The second kappa shape index (κ2) is 16.3. The number of rotatable bonds is 10. The van der Waals surface area contributed by atoms with Crippen molar-refractivity contribution >= 4 is 44.3 Å². The topological polar surface area (TPSA) is 165 Å². The van der Waals surface area contributed by atoms with Gasteiger partial charge in [0.25, 0.3) is 5.91 Å². The number of carbonyl (C=O) groups is 3. The number of methoxy groups -OCH3 is 2. The quantitative estimate of drug-likeness (QED) is 0.168. The van der Waals surface area contributed by atoms with Gasteiger partial charge in [-0.25, -0.2) is 13.4 Å². The number of ether oxygens (including phenoxy) is 3. The molecule has 14 heteroatoms. The van der Waals surface area contributed by atoms with E-state index in [1.165, 1.54) is 0 Å². The number of nitrogens with one attached hydrogen (secondary N) is 3. The van der Waals surface area contributed by atoms with E-state index in [0.29, 0.717) is 53.4 Å². The molecule has 304 valence electrons. The molecule has 3 amide bonds. The minimum absolute atomic E-state index is 0.0897. The number of hydrogen-bond donors (Lipinski definition) is 3. The number of hydrogen-bond acceptors (Lipinski definition) is 10. The van der Waals surface area contributed by atoms with Crippen molar-refractivity contribution in [1.29, 1.82) is 0 Å². The van der Waals surface area contributed by atoms with E-state index in [2.05, 4.69) is 15.4 Å². The van der Waals surface area contributed by atoms with Gasteiger partial charge in [0, 0.05) is 47.2 Å². The molecular formula is C44H49N5O8S. The zero-order chi connectivity index (χ0) is 40.4. The first-order valence-corrected chi connectivity index (χ1v) is 21.6. The molecule has 3 heterocycles. The summed E-state index contributed by atoms with van der Waals surface area (Å²) in [6.07, 6.45) is 8.40. The van der Waals surface area contributed by atoms with Gasteiger partial charge < -0.3 is 29.7 Å². The Labute approximate surface area is 338 Å². The van der Waals surface area contributed by atoms with Gasteiger partial charge in [-0.05, 0) is 62.8 Å². The number of pyridine rings is 1. The van der Waals surface area contributed by atoms with Crippen molar-refractivity contribution in [3.8, 4) is 28.5 Å². The third-order valence-electron chi connectivity index (χ3n) is 11.6. The average Bonchev–Trinajstić information content (AvgIpc) is 4.16. The highest BCUT2D eigenvalue weighted by molar-refractivity contribution is 7.91. The van der Waals surface area contributed by atoms with Gasteiger partial charge >= 0.3 is 0 Å². The molecule has 1 saturated heterocycles. The second-order valence-corrected chi connectivity index (χ2v) is 17.6. The monoisotopic (exact) mass is 807 g/mol. The molecular weight excluding hydrogens is 759 g/mol. The molecule has 3 fully saturated rings. The zero-order valence-electron chi connectivity index (χ0n) is 32.7. The maximum Gasteiger partial charge on any atom is 0.259 e. The van der Waals surface area contributed by atoms with Crippen LogP contribution >= 0.6 is 0 Å². The largest absolute Gasteiger partial charge is 0.497 e. The summed E-state index contributed by atoms with van der Waals surface area (Å²) in [6, 6.07) is 22.8. The Balaban J connectivity index is 1.14. The number of aromatic nitrogens is 1. The number of nitrogens with zero attached hydrogens (tertiary/aromatic N) is 2. The molecule has 4 aromatic rings. The summed E-state index contributed by atoms with van der Waals surface area (Å²) >= 11 is 0. The second-order valence-electron chi connectivity index (χ2n) is 15.7. The Hall–Kier alpha value is -5.63. The molecule has 0 bridgehead atoms. The number of sulfonamides is 1. The van der Waals surface area contributed by atoms with Gasteiger partial charge in [-0.15, -0.1) is 0 Å². The fraction of sp³-hybridized carbons (Fsp3) is 0.409. The molecule has 3 aromatic carbocycles. The minimum atomic E-state index is -3.88. The van der Waals surface area contributed by atoms with Crippen LogP contribution in [0.15, 0.2) is 91.0 Å². The van der Waals surface area contributed by atoms with Crippen LogP contribution in [0.4, 0.5) is 5.69 Å². The van der Waals surface area contributed by atoms with Crippen molar-refractivity contribution in [2.45, 2.75) is 86.8 Å². The molecule has 4 aliphatic rings. The van der Waals surface area contributed by atoms with Gasteiger partial charge in [0.2, 0.25) is 21.8 Å². The highest BCUT2D eigenvalue weighted by Gasteiger charge is 2.62. The van der Waals surface area contributed by atoms with E-state index in [1.807, 2.05) is 91.0 Å². The predicted molar refractivity (Wildman–Crippen MR) is 220 cm³/mol. The Morgan fingerprint density at radius 1 is 0.914 bits per heavy atom. The van der Waals surface area contributed by atoms with E-state index in [1.54, 1.807) is 19.1 Å². The lowest BCUT2D eigenvalue weighted by molar-refractivity contribution is -0.140. The maximum absolute atomic E-state index is 14.9. The summed E-state index contributed by atoms with van der Waals surface area (Å²) in [7, 11) is -0.700. The molecule has 5 atom stereocenters. The molecule has 0 unspecified atom stereocenters. The van der Waals surface area contributed by atoms with Crippen LogP contribution in [0.5, 0.6) is 17.2 Å². The highest BCUT2D eigenvalue weighted by atomic mass is 32.2. The van der Waals surface area contributed by atoms with Crippen LogP contribution in [-0.2, 0) is 24.4 Å². The van der Waals surface area contributed by atoms with Gasteiger partial charge in [-0.1, -0.05) is 61.4 Å². The fourth-order valence-corrected chi connectivity index (χ4v) is 9.46. The van der Waals surface area contributed by atoms with Crippen LogP contribution in [0.1, 0.15) is 57.8 Å². The van der Waals surface area contributed by atoms with Gasteiger partial charge in [0.15, 0.2) is 0 Å². The lowest BCUT2D eigenvalue weighted by Crippen LogP contribution is -2.57. The Kier molecular flexibility index (Phi) is 11.0. The maximum atomic E-state index is 14.9. The summed E-state index contributed by atoms with van der Waals surface area (Å²) in [5.41, 5.74) is 1.46. The first-order chi connectivity index (χ1) is 28.1. The standard InChI is InChI=1S/C44H49N5O8S/c1-55-31-16-11-15-30(22-31)45-36-17-10-5-3-4-9-14-29-26-44(29,43(52)48-58(53,54)34-19-20-34)47-41(50)39-24-33(27-49(39)42(36)51)57-40-25-37(28-12-7-6-8-13-28)46-38-23-32(56-2)18-21-35(38)40/h6-9,11-16,18,21-23,25,29,33-34,36,39,45H,3-5,10,17,19-20,24,26-27H2,1-2H3,(H,47,50)(H,48,52)/b14-9-/t29-,33-,36+,39+,44-/m1/s1. The third-order valence-corrected chi connectivity index (χ3v) is 13.4. The molecule has 2 saturated carbocycles. The van der Waals surface area contributed by atoms with Crippen molar-refractivity contribution in [2.24, 2.45) is 5.92 Å². The lowest BCUT2D eigenvalue weighted by atomic mass is 10.0. The summed E-state index contributed by atoms with van der Waals surface area (Å²) in [6.45, 7) is 0.0897. The lowest BCUT2D eigenvalue weighted by Gasteiger charge is -2.30. The van der Waals surface area contributed by atoms with Crippen molar-refractivity contribution in [2.75, 3.05) is 26.1 Å². The molecule has 2 aliphatic carbocycles. The smallest absolute Gasteiger partial charge is 0.259 e. The van der Waals surface area contributed by atoms with Gasteiger partial charge in [0.05, 0.1) is 37.2 Å². The van der Waals surface area contributed by atoms with E-state index >= 15 is 0 Å². The van der Waals surface area contributed by atoms with Crippen LogP contribution in [0.2, 0.25) is 0 Å². The number of fused-ring (bicyclic) bond motifs is 3. The number of carbonyl (C=O) groups excluding carboxylic acids is 3. The summed E-state index contributed by atoms with van der Waals surface area (Å²) in [4.78, 5) is 49.8. The predicted octanol–water partition coefficient (Wildman–Crippen LogP) is 5.75. The first-order valence-electron chi connectivity index (χ1n) is 20.0. The summed E-state index contributed by atoms with van der Waals surface area (Å²) in [5.74, 6) is -0.163. The normalized spacial score (nSPS) is 25.6. The van der Waals surface area contributed by atoms with Crippen LogP contribution < -0.4 is 29.6 Å². The molecule has 2 aliphatic heterocycles. The Bertz CT molecular complexity index is 2330. The first kappa shape index (κ1) is 39.2. The van der Waals surface area contributed by atoms with E-state index < -0.39 is 56.7 Å². The van der Waals surface area contributed by atoms with Crippen molar-refractivity contribution in [3.05, 3.63) is 91.0 Å². The number of benzene rings is 3. The highest BCUT2D eigenvalue weighted by Crippen LogP contribution is 2.46. The molecule has 8 rings (SSSR count). The van der Waals surface area contributed by atoms with Crippen LogP contribution in [0, 0.1) is 5.92 Å². The zero-order valence-corrected chi connectivity index (χ0v) is 33.5. The number of anilines is 1. The summed E-state index contributed by atoms with van der Waals surface area (Å²) in [5, 5.41) is 6.52. The van der Waals surface area contributed by atoms with Crippen LogP contribution in [-0.4, -0.2) is 85.8 Å². The van der Waals surface area contributed by atoms with Gasteiger partial charge in [-0.3, -0.25) is 19.1 Å². The molecule has 3 N–H and O–H groups in total. The fourth-order valence-electron chi connectivity index (χ4n) is 8.10. The number of amides is 3. The minimum Gasteiger partial charge on any atom is -0.497 e. The van der Waals surface area contributed by atoms with Crippen molar-refractivity contribution in [1.82, 2.24) is 19.9 Å². The average molecular weight is 808 g/mol. The van der Waals surface area contributed by atoms with Crippen molar-refractivity contribution < 1.29 is 37.0 Å². The van der Waals surface area contributed by atoms with Crippen LogP contribution in [0.25, 0.3) is 22.2 Å². The van der Waals surface area contributed by atoms with Gasteiger partial charge in [-0.2, -0.15) is 0 Å². The SMILES string of the molecule is COc1cccc(N[C@H]2CCCCC/C=C\[C@@H]3C[C@@]3(C(=O)NS(=O)(=O)C3CC3)NC(=O)[C@@H]3C[C@@H](Oc4cc(-c5ccccc5)nc5cc(OC)ccc45)CN3C2=O)c1. The molecule has 0 radical (unpaired) electrons. The molecule has 58 heavy (non-hydrogen) atoms. The Morgan fingerprint density at radius 3 is 2.48 bits per heavy atom. The molecule has 1 aromatic heterocycles. The van der Waals surface area contributed by atoms with Crippen molar-refractivity contribution in [3.63, 3.8) is 0 Å². The Morgan fingerprint density at radius 2 is 1.71 bits per heavy atom. The van der Waals surface area contributed by atoms with E-state index in [-0.39, 0.29) is 25.3 Å². The molecule has 13 nitrogen and oxygen atoms in total. The number of allylic oxidation sites excluding steroid dienone is 1. The molecule has 0 spiro atoms. The van der Waals surface area contributed by atoms with E-state index in [4.69, 9.17) is 19.2 Å². The van der Waals surface area contributed by atoms with E-state index in [0.717, 1.165) is 36.6 Å².